The van der Waals surface area contributed by atoms with Crippen molar-refractivity contribution in [3.63, 3.8) is 0 Å². The Balaban J connectivity index is 2.21. The van der Waals surface area contributed by atoms with Crippen LogP contribution in [0.15, 0.2) is 42.5 Å². The molecule has 0 radical (unpaired) electrons. The first-order valence-corrected chi connectivity index (χ1v) is 7.34. The number of benzene rings is 2. The summed E-state index contributed by atoms with van der Waals surface area (Å²) in [5, 5.41) is 0.560. The summed E-state index contributed by atoms with van der Waals surface area (Å²) in [7, 11) is 0. The second-order valence-corrected chi connectivity index (χ2v) is 5.27. The third-order valence-corrected chi connectivity index (χ3v) is 3.55. The van der Waals surface area contributed by atoms with Crippen molar-refractivity contribution in [3.05, 3.63) is 59.4 Å². The molecule has 0 fully saturated rings. The van der Waals surface area contributed by atoms with Crippen LogP contribution in [0.1, 0.15) is 30.9 Å². The molecule has 19 heavy (non-hydrogen) atoms. The Labute approximate surface area is 121 Å². The van der Waals surface area contributed by atoms with Crippen LogP contribution in [0.25, 0.3) is 0 Å². The fourth-order valence-electron chi connectivity index (χ4n) is 1.80. The minimum absolute atomic E-state index is 0.253. The number of hydrogen-bond acceptors (Lipinski definition) is 1. The molecule has 100 valence electrons. The van der Waals surface area contributed by atoms with Gasteiger partial charge >= 0.3 is 0 Å². The third-order valence-electron chi connectivity index (χ3n) is 2.94. The van der Waals surface area contributed by atoms with Crippen molar-refractivity contribution < 1.29 is 9.13 Å². The number of ether oxygens (including phenoxy) is 1. The van der Waals surface area contributed by atoms with E-state index in [2.05, 4.69) is 41.9 Å². The molecule has 3 heteroatoms. The molecule has 0 saturated heterocycles. The van der Waals surface area contributed by atoms with Crippen molar-refractivity contribution in [2.45, 2.75) is 25.1 Å². The average molecular weight is 323 g/mol. The van der Waals surface area contributed by atoms with E-state index in [0.29, 0.717) is 17.0 Å². The molecule has 0 aliphatic heterocycles. The zero-order valence-corrected chi connectivity index (χ0v) is 12.6. The van der Waals surface area contributed by atoms with E-state index in [4.69, 9.17) is 4.74 Å². The molecule has 0 aromatic heterocycles. The predicted octanol–water partition coefficient (Wildman–Crippen LogP) is 5.64. The molecule has 0 bridgehead atoms. The van der Waals surface area contributed by atoms with Crippen LogP contribution in [0.5, 0.6) is 11.5 Å². The molecule has 0 spiro atoms. The van der Waals surface area contributed by atoms with Gasteiger partial charge in [0, 0.05) is 10.9 Å². The van der Waals surface area contributed by atoms with E-state index in [9.17, 15) is 4.39 Å². The van der Waals surface area contributed by atoms with Gasteiger partial charge in [-0.25, -0.2) is 4.39 Å². The van der Waals surface area contributed by atoms with Gasteiger partial charge in [0.05, 0.1) is 0 Å². The zero-order chi connectivity index (χ0) is 13.8. The molecule has 0 aliphatic carbocycles. The first-order valence-electron chi connectivity index (χ1n) is 6.22. The van der Waals surface area contributed by atoms with Crippen LogP contribution >= 0.6 is 15.9 Å². The van der Waals surface area contributed by atoms with Crippen LogP contribution in [0.3, 0.4) is 0 Å². The smallest absolute Gasteiger partial charge is 0.131 e. The van der Waals surface area contributed by atoms with Gasteiger partial charge in [0.2, 0.25) is 0 Å². The maximum Gasteiger partial charge on any atom is 0.131 e. The first kappa shape index (κ1) is 14.1. The summed E-state index contributed by atoms with van der Waals surface area (Å²) in [6.45, 7) is 4.30. The summed E-state index contributed by atoms with van der Waals surface area (Å²) in [5.41, 5.74) is 2.07. The summed E-state index contributed by atoms with van der Waals surface area (Å²) in [5.74, 6) is 1.68. The van der Waals surface area contributed by atoms with Crippen molar-refractivity contribution in [2.75, 3.05) is 0 Å². The SMILES string of the molecule is CC(C)c1ccc(Oc2ccc(F)cc2CBr)cc1. The first-order chi connectivity index (χ1) is 9.10. The van der Waals surface area contributed by atoms with E-state index in [1.54, 1.807) is 6.07 Å². The lowest BCUT2D eigenvalue weighted by molar-refractivity contribution is 0.476. The van der Waals surface area contributed by atoms with Crippen molar-refractivity contribution >= 4 is 15.9 Å². The molecule has 2 rings (SSSR count). The standard InChI is InChI=1S/C16H16BrFO/c1-11(2)12-3-6-15(7-4-12)19-16-8-5-14(18)9-13(16)10-17/h3-9,11H,10H2,1-2H3. The van der Waals surface area contributed by atoms with Crippen LogP contribution in [0.4, 0.5) is 4.39 Å². The van der Waals surface area contributed by atoms with Gasteiger partial charge in [0.25, 0.3) is 0 Å². The molecule has 0 saturated carbocycles. The Hall–Kier alpha value is -1.35. The lowest BCUT2D eigenvalue weighted by Gasteiger charge is -2.11. The number of halogens is 2. The highest BCUT2D eigenvalue weighted by Crippen LogP contribution is 2.28. The molecule has 0 N–H and O–H groups in total. The molecule has 2 aromatic carbocycles. The van der Waals surface area contributed by atoms with Gasteiger partial charge in [-0.05, 0) is 41.8 Å². The summed E-state index contributed by atoms with van der Waals surface area (Å²) in [4.78, 5) is 0. The predicted molar refractivity (Wildman–Crippen MR) is 79.6 cm³/mol. The Morgan fingerprint density at radius 3 is 2.37 bits per heavy atom. The van der Waals surface area contributed by atoms with E-state index in [1.807, 2.05) is 12.1 Å². The normalized spacial score (nSPS) is 10.8. The maximum absolute atomic E-state index is 13.1. The molecule has 0 aliphatic rings. The van der Waals surface area contributed by atoms with Gasteiger partial charge < -0.3 is 4.74 Å². The summed E-state index contributed by atoms with van der Waals surface area (Å²) >= 11 is 3.34. The van der Waals surface area contributed by atoms with Gasteiger partial charge in [0.15, 0.2) is 0 Å². The largest absolute Gasteiger partial charge is 0.457 e. The molecule has 0 amide bonds. The lowest BCUT2D eigenvalue weighted by atomic mass is 10.0. The fraction of sp³-hybridized carbons (Fsp3) is 0.250. The summed E-state index contributed by atoms with van der Waals surface area (Å²) < 4.78 is 18.9. The molecular formula is C16H16BrFO. The quantitative estimate of drug-likeness (QED) is 0.662. The molecule has 2 aromatic rings. The van der Waals surface area contributed by atoms with Crippen molar-refractivity contribution in [1.29, 1.82) is 0 Å². The number of hydrogen-bond donors (Lipinski definition) is 0. The minimum atomic E-state index is -0.253. The van der Waals surface area contributed by atoms with Crippen molar-refractivity contribution in [2.24, 2.45) is 0 Å². The lowest BCUT2D eigenvalue weighted by Crippen LogP contribution is -1.92. The van der Waals surface area contributed by atoms with Gasteiger partial charge in [-0.2, -0.15) is 0 Å². The van der Waals surface area contributed by atoms with Crippen LogP contribution in [0, 0.1) is 5.82 Å². The highest BCUT2D eigenvalue weighted by atomic mass is 79.9. The zero-order valence-electron chi connectivity index (χ0n) is 11.0. The topological polar surface area (TPSA) is 9.23 Å². The fourth-order valence-corrected chi connectivity index (χ4v) is 2.24. The van der Waals surface area contributed by atoms with E-state index in [0.717, 1.165) is 11.3 Å². The van der Waals surface area contributed by atoms with Crippen LogP contribution < -0.4 is 4.74 Å². The van der Waals surface area contributed by atoms with E-state index < -0.39 is 0 Å². The Morgan fingerprint density at radius 1 is 1.11 bits per heavy atom. The second kappa shape index (κ2) is 6.20. The highest BCUT2D eigenvalue weighted by molar-refractivity contribution is 9.08. The molecule has 0 heterocycles. The average Bonchev–Trinajstić information content (AvgIpc) is 2.41. The molecule has 0 atom stereocenters. The number of alkyl halides is 1. The maximum atomic E-state index is 13.1. The summed E-state index contributed by atoms with van der Waals surface area (Å²) in [6, 6.07) is 12.5. The van der Waals surface area contributed by atoms with Crippen LogP contribution in [0.2, 0.25) is 0 Å². The van der Waals surface area contributed by atoms with E-state index in [1.165, 1.54) is 17.7 Å². The van der Waals surface area contributed by atoms with Gasteiger partial charge in [-0.1, -0.05) is 41.9 Å². The monoisotopic (exact) mass is 322 g/mol. The molecular weight excluding hydrogens is 307 g/mol. The van der Waals surface area contributed by atoms with Crippen molar-refractivity contribution in [1.82, 2.24) is 0 Å². The van der Waals surface area contributed by atoms with Gasteiger partial charge in [0.1, 0.15) is 17.3 Å². The van der Waals surface area contributed by atoms with Gasteiger partial charge in [-0.15, -0.1) is 0 Å². The second-order valence-electron chi connectivity index (χ2n) is 4.71. The van der Waals surface area contributed by atoms with Crippen LogP contribution in [-0.2, 0) is 5.33 Å². The summed E-state index contributed by atoms with van der Waals surface area (Å²) in [6.07, 6.45) is 0. The van der Waals surface area contributed by atoms with Crippen molar-refractivity contribution in [3.8, 4) is 11.5 Å². The van der Waals surface area contributed by atoms with Crippen LogP contribution in [-0.4, -0.2) is 0 Å². The minimum Gasteiger partial charge on any atom is -0.457 e. The third kappa shape index (κ3) is 3.57. The Bertz CT molecular complexity index is 549. The number of rotatable bonds is 4. The van der Waals surface area contributed by atoms with Gasteiger partial charge in [-0.3, -0.25) is 0 Å². The highest BCUT2D eigenvalue weighted by Gasteiger charge is 2.06. The van der Waals surface area contributed by atoms with E-state index >= 15 is 0 Å². The van der Waals surface area contributed by atoms with E-state index in [-0.39, 0.29) is 5.82 Å². The Kier molecular flexibility index (Phi) is 4.59. The molecule has 0 unspecified atom stereocenters. The Morgan fingerprint density at radius 2 is 1.79 bits per heavy atom. The molecule has 1 nitrogen and oxygen atoms in total.